The van der Waals surface area contributed by atoms with Gasteiger partial charge in [0.2, 0.25) is 0 Å². The minimum atomic E-state index is 0.360. The Balaban J connectivity index is 2.97. The third-order valence-corrected chi connectivity index (χ3v) is 3.02. The SMILES string of the molecule is COCc1ccc(Br)c(C(C)Br)c1. The van der Waals surface area contributed by atoms with Gasteiger partial charge >= 0.3 is 0 Å². The van der Waals surface area contributed by atoms with Crippen LogP contribution in [0.1, 0.15) is 22.9 Å². The molecule has 0 amide bonds. The average molecular weight is 308 g/mol. The van der Waals surface area contributed by atoms with E-state index >= 15 is 0 Å². The molecule has 13 heavy (non-hydrogen) atoms. The van der Waals surface area contributed by atoms with Crippen LogP contribution in [0.3, 0.4) is 0 Å². The van der Waals surface area contributed by atoms with Crippen LogP contribution < -0.4 is 0 Å². The Morgan fingerprint density at radius 1 is 1.46 bits per heavy atom. The molecule has 1 aromatic rings. The zero-order valence-electron chi connectivity index (χ0n) is 7.68. The maximum absolute atomic E-state index is 5.07. The van der Waals surface area contributed by atoms with Crippen molar-refractivity contribution in [1.29, 1.82) is 0 Å². The predicted octanol–water partition coefficient (Wildman–Crippen LogP) is 4.05. The smallest absolute Gasteiger partial charge is 0.0713 e. The molecule has 0 saturated carbocycles. The molecule has 0 bridgehead atoms. The van der Waals surface area contributed by atoms with Crippen LogP contribution in [-0.4, -0.2) is 7.11 Å². The van der Waals surface area contributed by atoms with Gasteiger partial charge in [-0.05, 0) is 24.1 Å². The Hall–Kier alpha value is 0.140. The largest absolute Gasteiger partial charge is 0.380 e. The van der Waals surface area contributed by atoms with Gasteiger partial charge in [0.15, 0.2) is 0 Å². The van der Waals surface area contributed by atoms with Crippen LogP contribution in [0.15, 0.2) is 22.7 Å². The van der Waals surface area contributed by atoms with Crippen molar-refractivity contribution in [2.75, 3.05) is 7.11 Å². The first-order chi connectivity index (χ1) is 6.15. The lowest BCUT2D eigenvalue weighted by Crippen LogP contribution is -1.92. The van der Waals surface area contributed by atoms with Crippen molar-refractivity contribution in [2.24, 2.45) is 0 Å². The molecule has 0 fully saturated rings. The monoisotopic (exact) mass is 306 g/mol. The van der Waals surface area contributed by atoms with Gasteiger partial charge in [-0.25, -0.2) is 0 Å². The minimum Gasteiger partial charge on any atom is -0.380 e. The van der Waals surface area contributed by atoms with E-state index in [1.54, 1.807) is 7.11 Å². The van der Waals surface area contributed by atoms with Crippen LogP contribution in [0.4, 0.5) is 0 Å². The Labute approximate surface area is 95.7 Å². The number of hydrogen-bond acceptors (Lipinski definition) is 1. The van der Waals surface area contributed by atoms with Crippen molar-refractivity contribution in [3.8, 4) is 0 Å². The van der Waals surface area contributed by atoms with E-state index < -0.39 is 0 Å². The van der Waals surface area contributed by atoms with Crippen LogP contribution in [0.5, 0.6) is 0 Å². The molecule has 72 valence electrons. The Bertz CT molecular complexity index is 284. The zero-order chi connectivity index (χ0) is 9.84. The molecule has 0 aromatic heterocycles. The third-order valence-electron chi connectivity index (χ3n) is 1.80. The summed E-state index contributed by atoms with van der Waals surface area (Å²) in [6.45, 7) is 2.77. The number of halogens is 2. The molecular formula is C10H12Br2O. The average Bonchev–Trinajstić information content (AvgIpc) is 2.08. The van der Waals surface area contributed by atoms with E-state index in [4.69, 9.17) is 4.74 Å². The molecule has 1 atom stereocenters. The fourth-order valence-corrected chi connectivity index (χ4v) is 2.43. The molecule has 0 aliphatic rings. The Morgan fingerprint density at radius 2 is 2.15 bits per heavy atom. The molecule has 1 unspecified atom stereocenters. The second-order valence-electron chi connectivity index (χ2n) is 2.90. The van der Waals surface area contributed by atoms with Gasteiger partial charge in [0.1, 0.15) is 0 Å². The van der Waals surface area contributed by atoms with Crippen LogP contribution in [0.2, 0.25) is 0 Å². The van der Waals surface area contributed by atoms with E-state index in [9.17, 15) is 0 Å². The Morgan fingerprint density at radius 3 is 2.69 bits per heavy atom. The highest BCUT2D eigenvalue weighted by Crippen LogP contribution is 2.29. The van der Waals surface area contributed by atoms with Gasteiger partial charge in [-0.2, -0.15) is 0 Å². The van der Waals surface area contributed by atoms with Crippen LogP contribution >= 0.6 is 31.9 Å². The summed E-state index contributed by atoms with van der Waals surface area (Å²) in [6, 6.07) is 6.26. The highest BCUT2D eigenvalue weighted by molar-refractivity contribution is 9.11. The van der Waals surface area contributed by atoms with E-state index in [1.807, 2.05) is 0 Å². The second-order valence-corrected chi connectivity index (χ2v) is 5.13. The van der Waals surface area contributed by atoms with E-state index in [0.717, 1.165) is 4.47 Å². The number of hydrogen-bond donors (Lipinski definition) is 0. The molecule has 1 aromatic carbocycles. The summed E-state index contributed by atoms with van der Waals surface area (Å²) < 4.78 is 6.21. The van der Waals surface area contributed by atoms with Crippen molar-refractivity contribution < 1.29 is 4.74 Å². The number of benzene rings is 1. The first kappa shape index (κ1) is 11.2. The summed E-state index contributed by atoms with van der Waals surface area (Å²) in [5, 5.41) is 0. The number of methoxy groups -OCH3 is 1. The van der Waals surface area contributed by atoms with Crippen molar-refractivity contribution >= 4 is 31.9 Å². The molecule has 1 nitrogen and oxygen atoms in total. The Kier molecular flexibility index (Phi) is 4.42. The summed E-state index contributed by atoms with van der Waals surface area (Å²) >= 11 is 7.06. The summed E-state index contributed by atoms with van der Waals surface area (Å²) in [6.07, 6.45) is 0. The first-order valence-corrected chi connectivity index (χ1v) is 5.77. The zero-order valence-corrected chi connectivity index (χ0v) is 10.9. The molecule has 3 heteroatoms. The topological polar surface area (TPSA) is 9.23 Å². The molecule has 0 aliphatic heterocycles. The fourth-order valence-electron chi connectivity index (χ4n) is 1.15. The third kappa shape index (κ3) is 3.08. The standard InChI is InChI=1S/C10H12Br2O/c1-7(11)9-5-8(6-13-2)3-4-10(9)12/h3-5,7H,6H2,1-2H3. The first-order valence-electron chi connectivity index (χ1n) is 4.06. The summed E-state index contributed by atoms with van der Waals surface area (Å²) in [4.78, 5) is 0.360. The summed E-state index contributed by atoms with van der Waals surface area (Å²) in [5.41, 5.74) is 2.46. The van der Waals surface area contributed by atoms with Crippen molar-refractivity contribution in [2.45, 2.75) is 18.4 Å². The number of rotatable bonds is 3. The molecular weight excluding hydrogens is 296 g/mol. The van der Waals surface area contributed by atoms with Crippen molar-refractivity contribution in [1.82, 2.24) is 0 Å². The van der Waals surface area contributed by atoms with Crippen LogP contribution in [0.25, 0.3) is 0 Å². The highest BCUT2D eigenvalue weighted by Gasteiger charge is 2.06. The molecule has 0 saturated heterocycles. The van der Waals surface area contributed by atoms with Gasteiger partial charge in [-0.3, -0.25) is 0 Å². The molecule has 0 N–H and O–H groups in total. The van der Waals surface area contributed by atoms with Crippen LogP contribution in [-0.2, 0) is 11.3 Å². The predicted molar refractivity (Wildman–Crippen MR) is 62.2 cm³/mol. The lowest BCUT2D eigenvalue weighted by atomic mass is 10.1. The van der Waals surface area contributed by atoms with Gasteiger partial charge < -0.3 is 4.74 Å². The number of ether oxygens (including phenoxy) is 1. The molecule has 0 spiro atoms. The maximum atomic E-state index is 5.07. The normalized spacial score (nSPS) is 12.9. The second kappa shape index (κ2) is 5.13. The quantitative estimate of drug-likeness (QED) is 0.766. The minimum absolute atomic E-state index is 0.360. The van der Waals surface area contributed by atoms with E-state index in [0.29, 0.717) is 11.4 Å². The highest BCUT2D eigenvalue weighted by atomic mass is 79.9. The van der Waals surface area contributed by atoms with E-state index in [1.165, 1.54) is 11.1 Å². The van der Waals surface area contributed by atoms with E-state index in [2.05, 4.69) is 57.0 Å². The van der Waals surface area contributed by atoms with Gasteiger partial charge in [0, 0.05) is 16.4 Å². The van der Waals surface area contributed by atoms with E-state index in [-0.39, 0.29) is 0 Å². The van der Waals surface area contributed by atoms with Crippen LogP contribution in [0, 0.1) is 0 Å². The molecule has 0 heterocycles. The van der Waals surface area contributed by atoms with Crippen molar-refractivity contribution in [3.63, 3.8) is 0 Å². The van der Waals surface area contributed by atoms with Gasteiger partial charge in [0.25, 0.3) is 0 Å². The maximum Gasteiger partial charge on any atom is 0.0713 e. The lowest BCUT2D eigenvalue weighted by molar-refractivity contribution is 0.185. The van der Waals surface area contributed by atoms with Gasteiger partial charge in [-0.1, -0.05) is 44.0 Å². The summed E-state index contributed by atoms with van der Waals surface area (Å²) in [5.74, 6) is 0. The molecule has 0 radical (unpaired) electrons. The summed E-state index contributed by atoms with van der Waals surface area (Å²) in [7, 11) is 1.71. The number of alkyl halides is 1. The van der Waals surface area contributed by atoms with Crippen molar-refractivity contribution in [3.05, 3.63) is 33.8 Å². The molecule has 1 rings (SSSR count). The van der Waals surface area contributed by atoms with Gasteiger partial charge in [-0.15, -0.1) is 0 Å². The lowest BCUT2D eigenvalue weighted by Gasteiger charge is -2.09. The fraction of sp³-hybridized carbons (Fsp3) is 0.400. The van der Waals surface area contributed by atoms with Gasteiger partial charge in [0.05, 0.1) is 6.61 Å². The molecule has 0 aliphatic carbocycles.